The van der Waals surface area contributed by atoms with E-state index in [1.54, 1.807) is 6.07 Å². The average Bonchev–Trinajstić information content (AvgIpc) is 2.90. The number of rotatable bonds is 4. The molecular formula is C17H26N2O. The van der Waals surface area contributed by atoms with Crippen molar-refractivity contribution in [2.24, 2.45) is 5.41 Å². The number of nitrogens with two attached hydrogens (primary N) is 1. The Morgan fingerprint density at radius 3 is 2.50 bits per heavy atom. The van der Waals surface area contributed by atoms with E-state index in [9.17, 15) is 4.79 Å². The summed E-state index contributed by atoms with van der Waals surface area (Å²) in [4.78, 5) is 12.4. The lowest BCUT2D eigenvalue weighted by molar-refractivity contribution is 0.0928. The molecule has 0 aromatic heterocycles. The Labute approximate surface area is 121 Å². The van der Waals surface area contributed by atoms with Crippen LogP contribution in [0.4, 0.5) is 5.69 Å². The summed E-state index contributed by atoms with van der Waals surface area (Å²) in [6.07, 6.45) is 6.19. The minimum Gasteiger partial charge on any atom is -0.398 e. The van der Waals surface area contributed by atoms with E-state index in [0.29, 0.717) is 16.7 Å². The summed E-state index contributed by atoms with van der Waals surface area (Å²) in [6.45, 7) is 6.95. The number of aryl methyl sites for hydroxylation is 2. The molecule has 110 valence electrons. The Kier molecular flexibility index (Phi) is 4.36. The van der Waals surface area contributed by atoms with Gasteiger partial charge in [-0.05, 0) is 55.7 Å². The quantitative estimate of drug-likeness (QED) is 0.824. The van der Waals surface area contributed by atoms with Crippen molar-refractivity contribution >= 4 is 11.6 Å². The number of hydrogen-bond acceptors (Lipinski definition) is 2. The molecule has 0 aliphatic heterocycles. The molecule has 0 saturated heterocycles. The van der Waals surface area contributed by atoms with Gasteiger partial charge in [0.25, 0.3) is 5.91 Å². The highest BCUT2D eigenvalue weighted by atomic mass is 16.1. The SMILES string of the molecule is CCC1(CNC(=O)c2cc(N)c(C)cc2C)CCCC1. The lowest BCUT2D eigenvalue weighted by Gasteiger charge is -2.27. The van der Waals surface area contributed by atoms with Crippen LogP contribution in [0, 0.1) is 19.3 Å². The van der Waals surface area contributed by atoms with Crippen LogP contribution in [0.25, 0.3) is 0 Å². The smallest absolute Gasteiger partial charge is 0.251 e. The molecule has 1 amide bonds. The fourth-order valence-electron chi connectivity index (χ4n) is 3.26. The van der Waals surface area contributed by atoms with Gasteiger partial charge in [0.2, 0.25) is 0 Å². The first-order valence-electron chi connectivity index (χ1n) is 7.62. The van der Waals surface area contributed by atoms with E-state index >= 15 is 0 Å². The van der Waals surface area contributed by atoms with E-state index in [-0.39, 0.29) is 5.91 Å². The van der Waals surface area contributed by atoms with Crippen LogP contribution in [0.3, 0.4) is 0 Å². The third kappa shape index (κ3) is 2.97. The maximum absolute atomic E-state index is 12.4. The minimum absolute atomic E-state index is 0.00826. The molecular weight excluding hydrogens is 248 g/mol. The molecule has 0 heterocycles. The lowest BCUT2D eigenvalue weighted by Crippen LogP contribution is -2.36. The number of carbonyl (C=O) groups excluding carboxylic acids is 1. The molecule has 1 aromatic carbocycles. The first-order valence-corrected chi connectivity index (χ1v) is 7.62. The van der Waals surface area contributed by atoms with Crippen molar-refractivity contribution in [1.82, 2.24) is 5.32 Å². The van der Waals surface area contributed by atoms with E-state index in [4.69, 9.17) is 5.73 Å². The summed E-state index contributed by atoms with van der Waals surface area (Å²) < 4.78 is 0. The van der Waals surface area contributed by atoms with Crippen LogP contribution in [-0.4, -0.2) is 12.5 Å². The number of carbonyl (C=O) groups is 1. The average molecular weight is 274 g/mol. The van der Waals surface area contributed by atoms with E-state index < -0.39 is 0 Å². The summed E-state index contributed by atoms with van der Waals surface area (Å²) in [5.74, 6) is 0.00826. The zero-order valence-corrected chi connectivity index (χ0v) is 12.9. The monoisotopic (exact) mass is 274 g/mol. The third-order valence-corrected chi connectivity index (χ3v) is 4.90. The van der Waals surface area contributed by atoms with Gasteiger partial charge in [-0.1, -0.05) is 25.8 Å². The van der Waals surface area contributed by atoms with Gasteiger partial charge in [-0.2, -0.15) is 0 Å². The number of hydrogen-bond donors (Lipinski definition) is 2. The second-order valence-corrected chi connectivity index (χ2v) is 6.27. The largest absolute Gasteiger partial charge is 0.398 e. The zero-order chi connectivity index (χ0) is 14.8. The molecule has 0 spiro atoms. The third-order valence-electron chi connectivity index (χ3n) is 4.90. The van der Waals surface area contributed by atoms with Crippen molar-refractivity contribution < 1.29 is 4.79 Å². The Hall–Kier alpha value is -1.51. The molecule has 1 saturated carbocycles. The molecule has 1 aromatic rings. The number of nitrogen functional groups attached to an aromatic ring is 1. The second kappa shape index (κ2) is 5.86. The van der Waals surface area contributed by atoms with E-state index in [0.717, 1.165) is 24.1 Å². The normalized spacial score (nSPS) is 17.1. The first-order chi connectivity index (χ1) is 9.47. The Bertz CT molecular complexity index is 502. The van der Waals surface area contributed by atoms with Crippen molar-refractivity contribution in [3.8, 4) is 0 Å². The highest BCUT2D eigenvalue weighted by Gasteiger charge is 2.32. The number of anilines is 1. The number of amides is 1. The fraction of sp³-hybridized carbons (Fsp3) is 0.588. The second-order valence-electron chi connectivity index (χ2n) is 6.27. The summed E-state index contributed by atoms with van der Waals surface area (Å²) in [5.41, 5.74) is 9.65. The van der Waals surface area contributed by atoms with Gasteiger partial charge in [0.05, 0.1) is 0 Å². The van der Waals surface area contributed by atoms with Gasteiger partial charge in [0.15, 0.2) is 0 Å². The molecule has 2 rings (SSSR count). The summed E-state index contributed by atoms with van der Waals surface area (Å²) in [5, 5.41) is 3.13. The van der Waals surface area contributed by atoms with Gasteiger partial charge in [-0.15, -0.1) is 0 Å². The minimum atomic E-state index is 0.00826. The Balaban J connectivity index is 2.07. The van der Waals surface area contributed by atoms with E-state index in [1.165, 1.54) is 25.7 Å². The molecule has 0 radical (unpaired) electrons. The molecule has 0 unspecified atom stereocenters. The van der Waals surface area contributed by atoms with Crippen molar-refractivity contribution in [2.75, 3.05) is 12.3 Å². The molecule has 1 aliphatic rings. The maximum Gasteiger partial charge on any atom is 0.251 e. The predicted octanol–water partition coefficient (Wildman–Crippen LogP) is 3.59. The predicted molar refractivity (Wildman–Crippen MR) is 83.9 cm³/mol. The topological polar surface area (TPSA) is 55.1 Å². The Morgan fingerprint density at radius 2 is 1.90 bits per heavy atom. The summed E-state index contributed by atoms with van der Waals surface area (Å²) in [6, 6.07) is 3.78. The first kappa shape index (κ1) is 14.9. The molecule has 1 aliphatic carbocycles. The molecule has 1 fully saturated rings. The number of nitrogens with one attached hydrogen (secondary N) is 1. The van der Waals surface area contributed by atoms with Crippen LogP contribution in [0.15, 0.2) is 12.1 Å². The molecule has 0 atom stereocenters. The molecule has 3 N–H and O–H groups in total. The summed E-state index contributed by atoms with van der Waals surface area (Å²) >= 11 is 0. The van der Waals surface area contributed by atoms with Crippen LogP contribution in [0.1, 0.15) is 60.5 Å². The fourth-order valence-corrected chi connectivity index (χ4v) is 3.26. The van der Waals surface area contributed by atoms with Crippen molar-refractivity contribution in [3.05, 3.63) is 28.8 Å². The van der Waals surface area contributed by atoms with Crippen LogP contribution in [0.5, 0.6) is 0 Å². The highest BCUT2D eigenvalue weighted by molar-refractivity contribution is 5.96. The zero-order valence-electron chi connectivity index (χ0n) is 12.9. The van der Waals surface area contributed by atoms with Crippen molar-refractivity contribution in [3.63, 3.8) is 0 Å². The van der Waals surface area contributed by atoms with Gasteiger partial charge >= 0.3 is 0 Å². The molecule has 0 bridgehead atoms. The maximum atomic E-state index is 12.4. The van der Waals surface area contributed by atoms with Gasteiger partial charge < -0.3 is 11.1 Å². The number of benzene rings is 1. The van der Waals surface area contributed by atoms with Crippen LogP contribution >= 0.6 is 0 Å². The van der Waals surface area contributed by atoms with E-state index in [1.807, 2.05) is 19.9 Å². The summed E-state index contributed by atoms with van der Waals surface area (Å²) in [7, 11) is 0. The Morgan fingerprint density at radius 1 is 1.25 bits per heavy atom. The van der Waals surface area contributed by atoms with Crippen molar-refractivity contribution in [1.29, 1.82) is 0 Å². The lowest BCUT2D eigenvalue weighted by atomic mass is 9.83. The van der Waals surface area contributed by atoms with Crippen molar-refractivity contribution in [2.45, 2.75) is 52.9 Å². The van der Waals surface area contributed by atoms with Crippen LogP contribution in [0.2, 0.25) is 0 Å². The molecule has 3 heteroatoms. The van der Waals surface area contributed by atoms with Crippen LogP contribution in [-0.2, 0) is 0 Å². The highest BCUT2D eigenvalue weighted by Crippen LogP contribution is 2.40. The van der Waals surface area contributed by atoms with Gasteiger partial charge in [0.1, 0.15) is 0 Å². The standard InChI is InChI=1S/C17H26N2O/c1-4-17(7-5-6-8-17)11-19-16(20)14-10-15(18)13(3)9-12(14)2/h9-10H,4-8,11,18H2,1-3H3,(H,19,20). The van der Waals surface area contributed by atoms with E-state index in [2.05, 4.69) is 12.2 Å². The van der Waals surface area contributed by atoms with Gasteiger partial charge in [-0.25, -0.2) is 0 Å². The van der Waals surface area contributed by atoms with Crippen LogP contribution < -0.4 is 11.1 Å². The molecule has 3 nitrogen and oxygen atoms in total. The molecule has 20 heavy (non-hydrogen) atoms. The van der Waals surface area contributed by atoms with Gasteiger partial charge in [0, 0.05) is 17.8 Å². The van der Waals surface area contributed by atoms with Gasteiger partial charge in [-0.3, -0.25) is 4.79 Å².